The van der Waals surface area contributed by atoms with E-state index in [0.717, 1.165) is 6.54 Å². The number of carbonyl (C=O) groups is 1. The van der Waals surface area contributed by atoms with Gasteiger partial charge in [-0.3, -0.25) is 4.79 Å². The van der Waals surface area contributed by atoms with Gasteiger partial charge in [0.1, 0.15) is 9.84 Å². The van der Waals surface area contributed by atoms with Crippen molar-refractivity contribution in [3.05, 3.63) is 0 Å². The summed E-state index contributed by atoms with van der Waals surface area (Å²) in [7, 11) is -2.85. The zero-order chi connectivity index (χ0) is 12.9. The Hall–Kier alpha value is -0.620. The van der Waals surface area contributed by atoms with Gasteiger partial charge in [0.2, 0.25) is 5.91 Å². The summed E-state index contributed by atoms with van der Waals surface area (Å²) in [5, 5.41) is 6.07. The molecule has 0 bridgehead atoms. The molecule has 5 nitrogen and oxygen atoms in total. The largest absolute Gasteiger partial charge is 0.353 e. The highest BCUT2D eigenvalue weighted by atomic mass is 32.2. The highest BCUT2D eigenvalue weighted by molar-refractivity contribution is 7.91. The molecule has 1 amide bonds. The number of hydrogen-bond donors (Lipinski definition) is 2. The van der Waals surface area contributed by atoms with E-state index in [0.29, 0.717) is 19.3 Å². The van der Waals surface area contributed by atoms with Crippen LogP contribution in [0.1, 0.15) is 33.1 Å². The molecule has 0 saturated carbocycles. The van der Waals surface area contributed by atoms with Crippen LogP contribution in [0.25, 0.3) is 0 Å². The molecule has 0 aromatic carbocycles. The van der Waals surface area contributed by atoms with Gasteiger partial charge in [-0.25, -0.2) is 8.42 Å². The van der Waals surface area contributed by atoms with Crippen LogP contribution in [0.3, 0.4) is 0 Å². The second-order valence-electron chi connectivity index (χ2n) is 4.66. The number of carbonyl (C=O) groups excluding carboxylic acids is 1. The predicted molar refractivity (Wildman–Crippen MR) is 67.6 cm³/mol. The lowest BCUT2D eigenvalue weighted by Crippen LogP contribution is -2.43. The van der Waals surface area contributed by atoms with Crippen LogP contribution in [-0.2, 0) is 14.6 Å². The molecule has 0 radical (unpaired) electrons. The molecule has 1 rings (SSSR count). The van der Waals surface area contributed by atoms with Crippen LogP contribution < -0.4 is 10.6 Å². The van der Waals surface area contributed by atoms with Crippen molar-refractivity contribution < 1.29 is 13.2 Å². The van der Waals surface area contributed by atoms with Crippen molar-refractivity contribution in [2.75, 3.05) is 18.1 Å². The van der Waals surface area contributed by atoms with Crippen molar-refractivity contribution in [3.8, 4) is 0 Å². The van der Waals surface area contributed by atoms with Crippen molar-refractivity contribution in [2.24, 2.45) is 0 Å². The third-order valence-electron chi connectivity index (χ3n) is 2.96. The summed E-state index contributed by atoms with van der Waals surface area (Å²) in [6.45, 7) is 4.81. The van der Waals surface area contributed by atoms with E-state index in [1.54, 1.807) is 0 Å². The third kappa shape index (κ3) is 5.50. The van der Waals surface area contributed by atoms with Crippen LogP contribution in [0.4, 0.5) is 0 Å². The van der Waals surface area contributed by atoms with Gasteiger partial charge >= 0.3 is 0 Å². The van der Waals surface area contributed by atoms with E-state index in [1.807, 2.05) is 13.8 Å². The first-order chi connectivity index (χ1) is 7.93. The van der Waals surface area contributed by atoms with Gasteiger partial charge in [-0.05, 0) is 26.3 Å². The van der Waals surface area contributed by atoms with Crippen LogP contribution in [0.5, 0.6) is 0 Å². The minimum Gasteiger partial charge on any atom is -0.353 e. The summed E-state index contributed by atoms with van der Waals surface area (Å²) >= 11 is 0. The molecule has 1 fully saturated rings. The standard InChI is InChI=1S/C11H22N2O3S/c1-3-12-9(2)8-11(14)13-10-4-6-17(15,16)7-5-10/h9-10,12H,3-8H2,1-2H3,(H,13,14). The summed E-state index contributed by atoms with van der Waals surface area (Å²) < 4.78 is 22.4. The van der Waals surface area contributed by atoms with Gasteiger partial charge in [-0.2, -0.15) is 0 Å². The molecule has 0 spiro atoms. The fraction of sp³-hybridized carbons (Fsp3) is 0.909. The molecule has 0 aromatic rings. The van der Waals surface area contributed by atoms with Gasteiger partial charge in [0.15, 0.2) is 0 Å². The molecule has 100 valence electrons. The zero-order valence-electron chi connectivity index (χ0n) is 10.5. The second-order valence-corrected chi connectivity index (χ2v) is 6.96. The minimum atomic E-state index is -2.85. The lowest BCUT2D eigenvalue weighted by molar-refractivity contribution is -0.122. The predicted octanol–water partition coefficient (Wildman–Crippen LogP) is 0.0679. The SMILES string of the molecule is CCNC(C)CC(=O)NC1CCS(=O)(=O)CC1. The Labute approximate surface area is 103 Å². The van der Waals surface area contributed by atoms with E-state index < -0.39 is 9.84 Å². The van der Waals surface area contributed by atoms with E-state index >= 15 is 0 Å². The van der Waals surface area contributed by atoms with Crippen molar-refractivity contribution >= 4 is 15.7 Å². The maximum absolute atomic E-state index is 11.7. The van der Waals surface area contributed by atoms with Crippen molar-refractivity contribution in [1.29, 1.82) is 0 Å². The maximum Gasteiger partial charge on any atom is 0.221 e. The topological polar surface area (TPSA) is 75.3 Å². The zero-order valence-corrected chi connectivity index (χ0v) is 11.3. The summed E-state index contributed by atoms with van der Waals surface area (Å²) in [5.41, 5.74) is 0. The second kappa shape index (κ2) is 6.35. The Morgan fingerprint density at radius 1 is 1.35 bits per heavy atom. The van der Waals surface area contributed by atoms with Crippen LogP contribution in [0.2, 0.25) is 0 Å². The van der Waals surface area contributed by atoms with Crippen LogP contribution in [0.15, 0.2) is 0 Å². The van der Waals surface area contributed by atoms with Crippen molar-refractivity contribution in [2.45, 2.75) is 45.2 Å². The molecule has 0 aromatic heterocycles. The Kier molecular flexibility index (Phi) is 5.39. The summed E-state index contributed by atoms with van der Waals surface area (Å²) in [5.74, 6) is 0.393. The molecule has 1 heterocycles. The third-order valence-corrected chi connectivity index (χ3v) is 4.68. The fourth-order valence-corrected chi connectivity index (χ4v) is 3.51. The van der Waals surface area contributed by atoms with Gasteiger partial charge < -0.3 is 10.6 Å². The van der Waals surface area contributed by atoms with Crippen LogP contribution in [0, 0.1) is 0 Å². The van der Waals surface area contributed by atoms with E-state index in [-0.39, 0.29) is 29.5 Å². The van der Waals surface area contributed by atoms with Gasteiger partial charge in [0.25, 0.3) is 0 Å². The molecule has 0 aliphatic carbocycles. The molecule has 17 heavy (non-hydrogen) atoms. The average molecular weight is 262 g/mol. The molecule has 1 saturated heterocycles. The Morgan fingerprint density at radius 3 is 2.47 bits per heavy atom. The van der Waals surface area contributed by atoms with E-state index in [2.05, 4.69) is 10.6 Å². The molecule has 1 aliphatic heterocycles. The Morgan fingerprint density at radius 2 is 1.94 bits per heavy atom. The molecular weight excluding hydrogens is 240 g/mol. The number of sulfone groups is 1. The highest BCUT2D eigenvalue weighted by Crippen LogP contribution is 2.12. The number of rotatable bonds is 5. The molecular formula is C11H22N2O3S. The maximum atomic E-state index is 11.7. The summed E-state index contributed by atoms with van der Waals surface area (Å²) in [6.07, 6.45) is 1.53. The van der Waals surface area contributed by atoms with E-state index in [4.69, 9.17) is 0 Å². The normalized spacial score (nSPS) is 22.0. The molecule has 1 aliphatic rings. The van der Waals surface area contributed by atoms with Gasteiger partial charge in [-0.1, -0.05) is 6.92 Å². The summed E-state index contributed by atoms with van der Waals surface area (Å²) in [4.78, 5) is 11.7. The monoisotopic (exact) mass is 262 g/mol. The van der Waals surface area contributed by atoms with Crippen molar-refractivity contribution in [3.63, 3.8) is 0 Å². The quantitative estimate of drug-likeness (QED) is 0.735. The minimum absolute atomic E-state index is 0.00254. The average Bonchev–Trinajstić information content (AvgIpc) is 2.21. The first-order valence-corrected chi connectivity index (χ1v) is 7.98. The molecule has 1 atom stereocenters. The first kappa shape index (κ1) is 14.4. The van der Waals surface area contributed by atoms with E-state index in [1.165, 1.54) is 0 Å². The molecule has 1 unspecified atom stereocenters. The smallest absolute Gasteiger partial charge is 0.221 e. The van der Waals surface area contributed by atoms with Gasteiger partial charge in [0.05, 0.1) is 11.5 Å². The number of hydrogen-bond acceptors (Lipinski definition) is 4. The van der Waals surface area contributed by atoms with E-state index in [9.17, 15) is 13.2 Å². The first-order valence-electron chi connectivity index (χ1n) is 6.16. The Balaban J connectivity index is 2.28. The number of nitrogens with one attached hydrogen (secondary N) is 2. The van der Waals surface area contributed by atoms with Crippen LogP contribution in [-0.4, -0.2) is 44.5 Å². The van der Waals surface area contributed by atoms with Gasteiger partial charge in [-0.15, -0.1) is 0 Å². The summed E-state index contributed by atoms with van der Waals surface area (Å²) in [6, 6.07) is 0.187. The lowest BCUT2D eigenvalue weighted by Gasteiger charge is -2.23. The Bertz CT molecular complexity index is 340. The fourth-order valence-electron chi connectivity index (χ4n) is 2.02. The number of amides is 1. The lowest BCUT2D eigenvalue weighted by atomic mass is 10.1. The molecule has 6 heteroatoms. The van der Waals surface area contributed by atoms with Crippen molar-refractivity contribution in [1.82, 2.24) is 10.6 Å². The van der Waals surface area contributed by atoms with Gasteiger partial charge in [0, 0.05) is 18.5 Å². The van der Waals surface area contributed by atoms with Crippen LogP contribution >= 0.6 is 0 Å². The highest BCUT2D eigenvalue weighted by Gasteiger charge is 2.24. The molecule has 2 N–H and O–H groups in total.